The third-order valence-electron chi connectivity index (χ3n) is 3.93. The van der Waals surface area contributed by atoms with Crippen LogP contribution >= 0.6 is 11.6 Å². The van der Waals surface area contributed by atoms with Gasteiger partial charge in [0.2, 0.25) is 0 Å². The molecule has 5 heteroatoms. The van der Waals surface area contributed by atoms with Gasteiger partial charge in [-0.15, -0.1) is 0 Å². The molecule has 0 spiro atoms. The van der Waals surface area contributed by atoms with E-state index in [2.05, 4.69) is 0 Å². The van der Waals surface area contributed by atoms with Crippen molar-refractivity contribution in [2.45, 2.75) is 42.2 Å². The van der Waals surface area contributed by atoms with Crippen LogP contribution in [0.1, 0.15) is 32.1 Å². The maximum atomic E-state index is 12.7. The van der Waals surface area contributed by atoms with Gasteiger partial charge in [-0.2, -0.15) is 0 Å². The normalized spacial score (nSPS) is 24.9. The third-order valence-corrected chi connectivity index (χ3v) is 6.53. The van der Waals surface area contributed by atoms with E-state index in [0.29, 0.717) is 22.9 Å². The van der Waals surface area contributed by atoms with Crippen molar-refractivity contribution in [3.8, 4) is 0 Å². The van der Waals surface area contributed by atoms with E-state index in [1.54, 1.807) is 24.3 Å². The maximum Gasteiger partial charge on any atom is 0.181 e. The molecular weight excluding hydrogens is 282 g/mol. The molecule has 19 heavy (non-hydrogen) atoms. The molecule has 2 rings (SSSR count). The Morgan fingerprint density at radius 1 is 1.11 bits per heavy atom. The third kappa shape index (κ3) is 3.30. The van der Waals surface area contributed by atoms with Crippen LogP contribution in [0.2, 0.25) is 5.02 Å². The molecule has 1 fully saturated rings. The predicted octanol–water partition coefficient (Wildman–Crippen LogP) is 3.02. The van der Waals surface area contributed by atoms with Crippen molar-refractivity contribution in [3.63, 3.8) is 0 Å². The summed E-state index contributed by atoms with van der Waals surface area (Å²) in [5.41, 5.74) is 5.78. The molecule has 2 unspecified atom stereocenters. The van der Waals surface area contributed by atoms with E-state index in [1.165, 1.54) is 0 Å². The minimum atomic E-state index is -3.30. The van der Waals surface area contributed by atoms with E-state index in [0.717, 1.165) is 25.7 Å². The number of rotatable bonds is 3. The summed E-state index contributed by atoms with van der Waals surface area (Å²) in [5, 5.41) is 0.205. The fraction of sp³-hybridized carbons (Fsp3) is 0.571. The average Bonchev–Trinajstić information content (AvgIpc) is 2.64. The van der Waals surface area contributed by atoms with Crippen LogP contribution in [0.3, 0.4) is 0 Å². The Labute approximate surface area is 120 Å². The highest BCUT2D eigenvalue weighted by Gasteiger charge is 2.34. The van der Waals surface area contributed by atoms with E-state index >= 15 is 0 Å². The van der Waals surface area contributed by atoms with Gasteiger partial charge in [0.05, 0.1) is 10.1 Å². The Morgan fingerprint density at radius 3 is 2.37 bits per heavy atom. The molecule has 1 saturated carbocycles. The summed E-state index contributed by atoms with van der Waals surface area (Å²) in [6, 6.07) is 6.44. The first kappa shape index (κ1) is 14.8. The van der Waals surface area contributed by atoms with E-state index < -0.39 is 9.84 Å². The summed E-state index contributed by atoms with van der Waals surface area (Å²) in [7, 11) is -3.30. The molecule has 0 amide bonds. The van der Waals surface area contributed by atoms with Crippen LogP contribution in [0.4, 0.5) is 0 Å². The summed E-state index contributed by atoms with van der Waals surface area (Å²) in [5.74, 6) is 0.0724. The van der Waals surface area contributed by atoms with Gasteiger partial charge < -0.3 is 5.73 Å². The van der Waals surface area contributed by atoms with E-state index in [9.17, 15) is 8.42 Å². The van der Waals surface area contributed by atoms with E-state index in [1.807, 2.05) is 0 Å². The summed E-state index contributed by atoms with van der Waals surface area (Å²) < 4.78 is 25.4. The van der Waals surface area contributed by atoms with Gasteiger partial charge in [0.15, 0.2) is 9.84 Å². The molecule has 0 heterocycles. The molecule has 0 saturated heterocycles. The molecule has 106 valence electrons. The minimum absolute atomic E-state index is 0.0724. The molecule has 0 bridgehead atoms. The standard InChI is InChI=1S/C14H20ClNO2S/c15-12-6-8-13(9-7-12)19(17,18)14-5-3-1-2-4-11(14)10-16/h6-9,11,14H,1-5,10,16H2. The van der Waals surface area contributed by atoms with Crippen LogP contribution in [0.25, 0.3) is 0 Å². The van der Waals surface area contributed by atoms with Crippen molar-refractivity contribution in [3.05, 3.63) is 29.3 Å². The fourth-order valence-corrected chi connectivity index (χ4v) is 5.05. The highest BCUT2D eigenvalue weighted by atomic mass is 35.5. The van der Waals surface area contributed by atoms with Crippen LogP contribution in [0.15, 0.2) is 29.2 Å². The first-order valence-corrected chi connectivity index (χ1v) is 8.67. The summed E-state index contributed by atoms with van der Waals surface area (Å²) >= 11 is 5.81. The lowest BCUT2D eigenvalue weighted by Crippen LogP contribution is -2.34. The zero-order chi connectivity index (χ0) is 13.9. The van der Waals surface area contributed by atoms with Gasteiger partial charge >= 0.3 is 0 Å². The molecule has 1 aliphatic carbocycles. The largest absolute Gasteiger partial charge is 0.330 e. The predicted molar refractivity (Wildman–Crippen MR) is 78.1 cm³/mol. The van der Waals surface area contributed by atoms with E-state index in [4.69, 9.17) is 17.3 Å². The SMILES string of the molecule is NCC1CCCCCC1S(=O)(=O)c1ccc(Cl)cc1. The molecule has 2 N–H and O–H groups in total. The Hall–Kier alpha value is -0.580. The molecule has 3 nitrogen and oxygen atoms in total. The zero-order valence-electron chi connectivity index (χ0n) is 10.9. The number of sulfone groups is 1. The Bertz CT molecular complexity index is 513. The first-order valence-electron chi connectivity index (χ1n) is 6.75. The van der Waals surface area contributed by atoms with Crippen LogP contribution in [0.5, 0.6) is 0 Å². The lowest BCUT2D eigenvalue weighted by molar-refractivity contribution is 0.456. The van der Waals surface area contributed by atoms with Crippen LogP contribution in [-0.4, -0.2) is 20.2 Å². The van der Waals surface area contributed by atoms with Gasteiger partial charge in [0, 0.05) is 5.02 Å². The molecule has 2 atom stereocenters. The van der Waals surface area contributed by atoms with Crippen molar-refractivity contribution in [1.82, 2.24) is 0 Å². The smallest absolute Gasteiger partial charge is 0.181 e. The van der Waals surface area contributed by atoms with Crippen LogP contribution in [0, 0.1) is 5.92 Å². The number of nitrogens with two attached hydrogens (primary N) is 1. The monoisotopic (exact) mass is 301 g/mol. The number of hydrogen-bond acceptors (Lipinski definition) is 3. The highest BCUT2D eigenvalue weighted by molar-refractivity contribution is 7.92. The molecular formula is C14H20ClNO2S. The Balaban J connectivity index is 2.33. The maximum absolute atomic E-state index is 12.7. The molecule has 0 radical (unpaired) electrons. The van der Waals surface area contributed by atoms with Gasteiger partial charge in [-0.1, -0.05) is 30.9 Å². The van der Waals surface area contributed by atoms with Crippen molar-refractivity contribution in [2.75, 3.05) is 6.54 Å². The van der Waals surface area contributed by atoms with Crippen LogP contribution < -0.4 is 5.73 Å². The van der Waals surface area contributed by atoms with Crippen molar-refractivity contribution in [1.29, 1.82) is 0 Å². The second-order valence-electron chi connectivity index (χ2n) is 5.17. The topological polar surface area (TPSA) is 60.2 Å². The summed E-state index contributed by atoms with van der Waals surface area (Å²) in [6.07, 6.45) is 4.77. The Morgan fingerprint density at radius 2 is 1.74 bits per heavy atom. The van der Waals surface area contributed by atoms with Crippen molar-refractivity contribution in [2.24, 2.45) is 11.7 Å². The van der Waals surface area contributed by atoms with E-state index in [-0.39, 0.29) is 11.2 Å². The molecule has 0 aromatic heterocycles. The van der Waals surface area contributed by atoms with Crippen molar-refractivity contribution >= 4 is 21.4 Å². The minimum Gasteiger partial charge on any atom is -0.330 e. The second-order valence-corrected chi connectivity index (χ2v) is 7.77. The molecule has 1 aromatic carbocycles. The van der Waals surface area contributed by atoms with Gasteiger partial charge in [0.25, 0.3) is 0 Å². The Kier molecular flexibility index (Phi) is 4.87. The van der Waals surface area contributed by atoms with Gasteiger partial charge in [-0.05, 0) is 49.6 Å². The fourth-order valence-electron chi connectivity index (χ4n) is 2.83. The van der Waals surface area contributed by atoms with Gasteiger partial charge in [-0.3, -0.25) is 0 Å². The number of halogens is 1. The summed E-state index contributed by atoms with van der Waals surface area (Å²) in [6.45, 7) is 0.442. The average molecular weight is 302 g/mol. The van der Waals surface area contributed by atoms with Gasteiger partial charge in [0.1, 0.15) is 0 Å². The lowest BCUT2D eigenvalue weighted by Gasteiger charge is -2.23. The zero-order valence-corrected chi connectivity index (χ0v) is 12.5. The second kappa shape index (κ2) is 6.25. The number of hydrogen-bond donors (Lipinski definition) is 1. The summed E-state index contributed by atoms with van der Waals surface area (Å²) in [4.78, 5) is 0.363. The quantitative estimate of drug-likeness (QED) is 0.873. The van der Waals surface area contributed by atoms with Crippen LogP contribution in [-0.2, 0) is 9.84 Å². The number of benzene rings is 1. The van der Waals surface area contributed by atoms with Crippen molar-refractivity contribution < 1.29 is 8.42 Å². The molecule has 0 aliphatic heterocycles. The molecule has 1 aliphatic rings. The highest BCUT2D eigenvalue weighted by Crippen LogP contribution is 2.32. The molecule has 1 aromatic rings. The van der Waals surface area contributed by atoms with Gasteiger partial charge in [-0.25, -0.2) is 8.42 Å². The lowest BCUT2D eigenvalue weighted by atomic mass is 10.0. The first-order chi connectivity index (χ1) is 9.05.